The Balaban J connectivity index is 1.73. The zero-order valence-corrected chi connectivity index (χ0v) is 19.9. The number of anilines is 1. The van der Waals surface area contributed by atoms with Gasteiger partial charge in [-0.3, -0.25) is 19.4 Å². The number of carbonyl (C=O) groups is 1. The highest BCUT2D eigenvalue weighted by atomic mass is 19.4. The molecule has 0 bridgehead atoms. The Morgan fingerprint density at radius 1 is 1.03 bits per heavy atom. The van der Waals surface area contributed by atoms with Gasteiger partial charge in [0.1, 0.15) is 5.82 Å². The van der Waals surface area contributed by atoms with Crippen molar-refractivity contribution >= 4 is 33.8 Å². The van der Waals surface area contributed by atoms with Crippen LogP contribution in [-0.4, -0.2) is 32.3 Å². The number of alkyl halides is 3. The molecule has 0 aliphatic rings. The average molecular weight is 507 g/mol. The highest BCUT2D eigenvalue weighted by molar-refractivity contribution is 6.04. The Kier molecular flexibility index (Phi) is 5.70. The van der Waals surface area contributed by atoms with Crippen molar-refractivity contribution < 1.29 is 22.7 Å². The van der Waals surface area contributed by atoms with E-state index in [1.54, 1.807) is 31.4 Å². The van der Waals surface area contributed by atoms with E-state index < -0.39 is 23.5 Å². The summed E-state index contributed by atoms with van der Waals surface area (Å²) in [6.07, 6.45) is -2.11. The van der Waals surface area contributed by atoms with Crippen molar-refractivity contribution in [3.05, 3.63) is 82.5 Å². The summed E-state index contributed by atoms with van der Waals surface area (Å²) in [4.78, 5) is 33.4. The molecule has 5 rings (SSSR count). The fourth-order valence-corrected chi connectivity index (χ4v) is 4.37. The molecule has 8 nitrogen and oxygen atoms in total. The number of hydrogen-bond acceptors (Lipinski definition) is 5. The van der Waals surface area contributed by atoms with Crippen LogP contribution < -0.4 is 11.0 Å². The molecule has 1 N–H and O–H groups in total. The first-order valence-electron chi connectivity index (χ1n) is 11.1. The fraction of sp³-hybridized carbons (Fsp3) is 0.154. The number of pyridine rings is 2. The summed E-state index contributed by atoms with van der Waals surface area (Å²) in [6, 6.07) is 12.6. The van der Waals surface area contributed by atoms with Crippen molar-refractivity contribution in [2.75, 3.05) is 12.4 Å². The summed E-state index contributed by atoms with van der Waals surface area (Å²) >= 11 is 0. The Labute approximate surface area is 208 Å². The molecule has 2 aromatic carbocycles. The van der Waals surface area contributed by atoms with Crippen molar-refractivity contribution in [1.82, 2.24) is 19.1 Å². The molecular weight excluding hydrogens is 487 g/mol. The molecule has 0 spiro atoms. The molecule has 188 valence electrons. The number of imidazole rings is 1. The molecule has 0 aliphatic heterocycles. The van der Waals surface area contributed by atoms with Gasteiger partial charge in [0, 0.05) is 24.2 Å². The van der Waals surface area contributed by atoms with E-state index in [2.05, 4.69) is 20.0 Å². The van der Waals surface area contributed by atoms with Crippen molar-refractivity contribution in [2.45, 2.75) is 13.1 Å². The van der Waals surface area contributed by atoms with Crippen molar-refractivity contribution in [1.29, 1.82) is 0 Å². The number of benzene rings is 2. The van der Waals surface area contributed by atoms with Gasteiger partial charge in [-0.15, -0.1) is 0 Å². The van der Waals surface area contributed by atoms with E-state index in [0.717, 1.165) is 17.2 Å². The zero-order chi connectivity index (χ0) is 26.5. The van der Waals surface area contributed by atoms with Gasteiger partial charge >= 0.3 is 18.0 Å². The molecule has 0 saturated heterocycles. The van der Waals surface area contributed by atoms with Crippen LogP contribution in [0, 0.1) is 6.92 Å². The van der Waals surface area contributed by atoms with E-state index in [0.29, 0.717) is 27.8 Å². The minimum Gasteiger partial charge on any atom is -0.453 e. The minimum absolute atomic E-state index is 0.0522. The number of nitrogens with zero attached hydrogens (tertiary/aromatic N) is 4. The van der Waals surface area contributed by atoms with E-state index in [9.17, 15) is 22.8 Å². The third-order valence-electron chi connectivity index (χ3n) is 6.25. The number of hydrogen-bond donors (Lipinski definition) is 1. The number of rotatable bonds is 3. The fourth-order valence-electron chi connectivity index (χ4n) is 4.37. The maximum Gasteiger partial charge on any atom is 0.416 e. The Bertz CT molecular complexity index is 1740. The van der Waals surface area contributed by atoms with Gasteiger partial charge in [-0.25, -0.2) is 14.6 Å². The number of nitrogens with one attached hydrogen (secondary N) is 1. The van der Waals surface area contributed by atoms with Crippen LogP contribution in [-0.2, 0) is 18.0 Å². The van der Waals surface area contributed by atoms with Crippen LogP contribution in [0.1, 0.15) is 11.1 Å². The smallest absolute Gasteiger partial charge is 0.416 e. The predicted octanol–water partition coefficient (Wildman–Crippen LogP) is 5.44. The van der Waals surface area contributed by atoms with Crippen LogP contribution in [0.5, 0.6) is 0 Å². The number of methoxy groups -OCH3 is 1. The number of amides is 1. The van der Waals surface area contributed by atoms with Gasteiger partial charge in [-0.2, -0.15) is 13.2 Å². The Morgan fingerprint density at radius 2 is 1.78 bits per heavy atom. The van der Waals surface area contributed by atoms with Gasteiger partial charge < -0.3 is 4.74 Å². The monoisotopic (exact) mass is 507 g/mol. The van der Waals surface area contributed by atoms with Crippen LogP contribution in [0.2, 0.25) is 0 Å². The van der Waals surface area contributed by atoms with Crippen LogP contribution in [0.3, 0.4) is 0 Å². The highest BCUT2D eigenvalue weighted by Gasteiger charge is 2.33. The second kappa shape index (κ2) is 8.77. The van der Waals surface area contributed by atoms with Crippen LogP contribution in [0.25, 0.3) is 38.8 Å². The lowest BCUT2D eigenvalue weighted by Crippen LogP contribution is -2.22. The second-order valence-corrected chi connectivity index (χ2v) is 8.40. The summed E-state index contributed by atoms with van der Waals surface area (Å²) in [6.45, 7) is 1.35. The topological polar surface area (TPSA) is 91.0 Å². The summed E-state index contributed by atoms with van der Waals surface area (Å²) in [5.41, 5.74) is 1.73. The van der Waals surface area contributed by atoms with E-state index in [1.807, 2.05) is 12.1 Å². The maximum atomic E-state index is 13.6. The zero-order valence-electron chi connectivity index (χ0n) is 19.9. The standard InChI is InChI=1S/C26H20F3N5O3/c1-14-18(26(27,28)29)5-4-6-20(14)34-23-17-11-15(16-8-10-22(31-12-16)32-24(35)37-3)7-9-19(17)30-13-21(23)33(2)25(34)36/h4-13H,1-3H3,(H,31,32,35). The van der Waals surface area contributed by atoms with E-state index in [1.165, 1.54) is 41.5 Å². The van der Waals surface area contributed by atoms with Crippen molar-refractivity contribution in [3.8, 4) is 16.8 Å². The number of ether oxygens (including phenoxy) is 1. The molecule has 3 heterocycles. The SMILES string of the molecule is COC(=O)Nc1ccc(-c2ccc3ncc4c(c3c2)n(-c2cccc(C(F)(F)F)c2C)c(=O)n4C)cn1. The summed E-state index contributed by atoms with van der Waals surface area (Å²) < 4.78 is 48.1. The summed E-state index contributed by atoms with van der Waals surface area (Å²) in [5, 5.41) is 3.06. The molecule has 37 heavy (non-hydrogen) atoms. The normalized spacial score (nSPS) is 11.7. The highest BCUT2D eigenvalue weighted by Crippen LogP contribution is 2.35. The number of halogens is 3. The largest absolute Gasteiger partial charge is 0.453 e. The first-order chi connectivity index (χ1) is 17.6. The number of fused-ring (bicyclic) bond motifs is 3. The van der Waals surface area contributed by atoms with Gasteiger partial charge in [-0.05, 0) is 54.4 Å². The molecule has 0 radical (unpaired) electrons. The molecule has 0 aliphatic carbocycles. The number of aryl methyl sites for hydroxylation is 1. The Hall–Kier alpha value is -4.67. The third kappa shape index (κ3) is 4.07. The maximum absolute atomic E-state index is 13.6. The van der Waals surface area contributed by atoms with Gasteiger partial charge in [0.15, 0.2) is 0 Å². The van der Waals surface area contributed by atoms with Crippen LogP contribution in [0.15, 0.2) is 65.7 Å². The summed E-state index contributed by atoms with van der Waals surface area (Å²) in [7, 11) is 2.80. The van der Waals surface area contributed by atoms with Crippen molar-refractivity contribution in [3.63, 3.8) is 0 Å². The van der Waals surface area contributed by atoms with Gasteiger partial charge in [0.2, 0.25) is 0 Å². The second-order valence-electron chi connectivity index (χ2n) is 8.40. The molecule has 11 heteroatoms. The quantitative estimate of drug-likeness (QED) is 0.351. The predicted molar refractivity (Wildman–Crippen MR) is 133 cm³/mol. The first kappa shape index (κ1) is 24.0. The first-order valence-corrected chi connectivity index (χ1v) is 11.1. The van der Waals surface area contributed by atoms with Gasteiger partial charge in [-0.1, -0.05) is 12.1 Å². The van der Waals surface area contributed by atoms with Gasteiger partial charge in [0.25, 0.3) is 0 Å². The van der Waals surface area contributed by atoms with E-state index >= 15 is 0 Å². The minimum atomic E-state index is -4.56. The molecular formula is C26H20F3N5O3. The Morgan fingerprint density at radius 3 is 2.46 bits per heavy atom. The molecule has 3 aromatic heterocycles. The summed E-state index contributed by atoms with van der Waals surface area (Å²) in [5.74, 6) is 0.303. The third-order valence-corrected chi connectivity index (χ3v) is 6.25. The molecule has 0 atom stereocenters. The average Bonchev–Trinajstić information content (AvgIpc) is 3.13. The lowest BCUT2D eigenvalue weighted by molar-refractivity contribution is -0.138. The van der Waals surface area contributed by atoms with Crippen molar-refractivity contribution in [2.24, 2.45) is 7.05 Å². The van der Waals surface area contributed by atoms with E-state index in [4.69, 9.17) is 0 Å². The number of aromatic nitrogens is 4. The lowest BCUT2D eigenvalue weighted by Gasteiger charge is -2.15. The van der Waals surface area contributed by atoms with Crippen LogP contribution >= 0.6 is 0 Å². The van der Waals surface area contributed by atoms with E-state index in [-0.39, 0.29) is 11.3 Å². The molecule has 0 saturated carbocycles. The van der Waals surface area contributed by atoms with Gasteiger partial charge in [0.05, 0.1) is 41.1 Å². The molecule has 1 amide bonds. The van der Waals surface area contributed by atoms with Crippen LogP contribution in [0.4, 0.5) is 23.8 Å². The molecule has 0 unspecified atom stereocenters. The molecule has 5 aromatic rings. The number of carbonyl (C=O) groups excluding carboxylic acids is 1. The lowest BCUT2D eigenvalue weighted by atomic mass is 10.0. The molecule has 0 fully saturated rings.